The van der Waals surface area contributed by atoms with Gasteiger partial charge in [-0.3, -0.25) is 4.79 Å². The zero-order chi connectivity index (χ0) is 21.2. The van der Waals surface area contributed by atoms with Crippen LogP contribution in [-0.4, -0.2) is 43.6 Å². The van der Waals surface area contributed by atoms with E-state index in [0.717, 1.165) is 52.6 Å². The molecule has 8 heteroatoms. The van der Waals surface area contributed by atoms with Crippen molar-refractivity contribution >= 4 is 32.9 Å². The smallest absolute Gasteiger partial charge is 0.231 e. The molecule has 2 aromatic heterocycles. The SMILES string of the molecule is O=C(CCn1cnc2cc(-c3noc(Cc4ccc(Br)cc4)n3)ccc21)N1CCCC1. The number of carbonyl (C=O) groups is 1. The van der Waals surface area contributed by atoms with Crippen molar-refractivity contribution in [1.29, 1.82) is 0 Å². The number of imidazole rings is 1. The Labute approximate surface area is 188 Å². The molecule has 31 heavy (non-hydrogen) atoms. The molecule has 1 aliphatic heterocycles. The number of likely N-dealkylation sites (tertiary alicyclic amines) is 1. The third kappa shape index (κ3) is 4.39. The molecule has 1 amide bonds. The van der Waals surface area contributed by atoms with Crippen LogP contribution in [0, 0.1) is 0 Å². The second-order valence-electron chi connectivity index (χ2n) is 7.79. The summed E-state index contributed by atoms with van der Waals surface area (Å²) in [5, 5.41) is 4.14. The highest BCUT2D eigenvalue weighted by Gasteiger charge is 2.18. The summed E-state index contributed by atoms with van der Waals surface area (Å²) in [5.74, 6) is 1.34. The first-order chi connectivity index (χ1) is 15.2. The summed E-state index contributed by atoms with van der Waals surface area (Å²) < 4.78 is 8.51. The first-order valence-electron chi connectivity index (χ1n) is 10.5. The highest BCUT2D eigenvalue weighted by Crippen LogP contribution is 2.23. The van der Waals surface area contributed by atoms with Crippen LogP contribution in [0.15, 0.2) is 57.8 Å². The molecule has 1 fully saturated rings. The van der Waals surface area contributed by atoms with Crippen molar-refractivity contribution in [3.05, 3.63) is 64.7 Å². The number of rotatable bonds is 6. The van der Waals surface area contributed by atoms with E-state index in [0.29, 0.717) is 31.1 Å². The summed E-state index contributed by atoms with van der Waals surface area (Å²) in [6, 6.07) is 14.0. The Morgan fingerprint density at radius 1 is 1.10 bits per heavy atom. The maximum Gasteiger partial charge on any atom is 0.231 e. The number of benzene rings is 2. The fourth-order valence-electron chi connectivity index (χ4n) is 3.94. The Hall–Kier alpha value is -3.00. The standard InChI is InChI=1S/C23H22BrN5O2/c24-18-6-3-16(4-7-18)13-21-26-23(27-31-21)17-5-8-20-19(14-17)25-15-29(20)12-9-22(30)28-10-1-2-11-28/h3-8,14-15H,1-2,9-13H2. The van der Waals surface area contributed by atoms with Gasteiger partial charge in [0.15, 0.2) is 0 Å². The van der Waals surface area contributed by atoms with Crippen LogP contribution >= 0.6 is 15.9 Å². The molecular formula is C23H22BrN5O2. The first kappa shape index (κ1) is 19.9. The van der Waals surface area contributed by atoms with Crippen molar-refractivity contribution in [2.75, 3.05) is 13.1 Å². The van der Waals surface area contributed by atoms with Crippen molar-refractivity contribution in [2.24, 2.45) is 0 Å². The van der Waals surface area contributed by atoms with Gasteiger partial charge in [0, 0.05) is 36.1 Å². The first-order valence-corrected chi connectivity index (χ1v) is 11.2. The fraction of sp³-hybridized carbons (Fsp3) is 0.304. The molecule has 0 unspecified atom stereocenters. The average Bonchev–Trinajstić information content (AvgIpc) is 3.54. The van der Waals surface area contributed by atoms with E-state index >= 15 is 0 Å². The molecule has 0 N–H and O–H groups in total. The minimum Gasteiger partial charge on any atom is -0.343 e. The number of amides is 1. The Morgan fingerprint density at radius 2 is 1.90 bits per heavy atom. The molecule has 3 heterocycles. The maximum absolute atomic E-state index is 12.3. The van der Waals surface area contributed by atoms with Crippen LogP contribution in [0.1, 0.15) is 30.7 Å². The van der Waals surface area contributed by atoms with Gasteiger partial charge in [-0.2, -0.15) is 4.98 Å². The molecule has 1 saturated heterocycles. The predicted molar refractivity (Wildman–Crippen MR) is 120 cm³/mol. The fourth-order valence-corrected chi connectivity index (χ4v) is 4.21. The molecule has 7 nitrogen and oxygen atoms in total. The van der Waals surface area contributed by atoms with E-state index in [1.54, 1.807) is 6.33 Å². The van der Waals surface area contributed by atoms with Gasteiger partial charge in [-0.15, -0.1) is 0 Å². The second kappa shape index (κ2) is 8.63. The topological polar surface area (TPSA) is 77.0 Å². The molecule has 4 aromatic rings. The lowest BCUT2D eigenvalue weighted by Gasteiger charge is -2.15. The highest BCUT2D eigenvalue weighted by molar-refractivity contribution is 9.10. The minimum atomic E-state index is 0.223. The molecule has 1 aliphatic rings. The van der Waals surface area contributed by atoms with Gasteiger partial charge < -0.3 is 14.0 Å². The van der Waals surface area contributed by atoms with E-state index in [-0.39, 0.29) is 5.91 Å². The monoisotopic (exact) mass is 479 g/mol. The number of halogens is 1. The number of hydrogen-bond acceptors (Lipinski definition) is 5. The number of aromatic nitrogens is 4. The van der Waals surface area contributed by atoms with Crippen LogP contribution < -0.4 is 0 Å². The van der Waals surface area contributed by atoms with Crippen molar-refractivity contribution in [3.63, 3.8) is 0 Å². The van der Waals surface area contributed by atoms with Gasteiger partial charge in [0.05, 0.1) is 23.8 Å². The van der Waals surface area contributed by atoms with Gasteiger partial charge >= 0.3 is 0 Å². The predicted octanol–water partition coefficient (Wildman–Crippen LogP) is 4.45. The average molecular weight is 480 g/mol. The molecule has 2 aromatic carbocycles. The zero-order valence-corrected chi connectivity index (χ0v) is 18.6. The van der Waals surface area contributed by atoms with E-state index in [1.807, 2.05) is 51.9 Å². The quantitative estimate of drug-likeness (QED) is 0.408. The number of nitrogens with zero attached hydrogens (tertiary/aromatic N) is 5. The van der Waals surface area contributed by atoms with Crippen LogP contribution in [-0.2, 0) is 17.8 Å². The van der Waals surface area contributed by atoms with Crippen LogP contribution in [0.5, 0.6) is 0 Å². The third-order valence-corrected chi connectivity index (χ3v) is 6.17. The molecule has 5 rings (SSSR count). The summed E-state index contributed by atoms with van der Waals surface area (Å²) in [6.45, 7) is 2.41. The van der Waals surface area contributed by atoms with E-state index in [2.05, 4.69) is 31.1 Å². The number of fused-ring (bicyclic) bond motifs is 1. The lowest BCUT2D eigenvalue weighted by Crippen LogP contribution is -2.28. The Kier molecular flexibility index (Phi) is 5.55. The Morgan fingerprint density at radius 3 is 2.71 bits per heavy atom. The van der Waals surface area contributed by atoms with Crippen LogP contribution in [0.2, 0.25) is 0 Å². The summed E-state index contributed by atoms with van der Waals surface area (Å²) in [4.78, 5) is 23.3. The van der Waals surface area contributed by atoms with Gasteiger partial charge in [0.25, 0.3) is 0 Å². The molecule has 0 atom stereocenters. The van der Waals surface area contributed by atoms with Crippen LogP contribution in [0.3, 0.4) is 0 Å². The Balaban J connectivity index is 1.28. The van der Waals surface area contributed by atoms with Crippen molar-refractivity contribution < 1.29 is 9.32 Å². The van der Waals surface area contributed by atoms with Gasteiger partial charge in [-0.1, -0.05) is 33.2 Å². The van der Waals surface area contributed by atoms with Gasteiger partial charge in [0.2, 0.25) is 17.6 Å². The van der Waals surface area contributed by atoms with Crippen LogP contribution in [0.25, 0.3) is 22.4 Å². The van der Waals surface area contributed by atoms with Crippen molar-refractivity contribution in [1.82, 2.24) is 24.6 Å². The molecule has 0 aliphatic carbocycles. The van der Waals surface area contributed by atoms with E-state index in [9.17, 15) is 4.79 Å². The summed E-state index contributed by atoms with van der Waals surface area (Å²) >= 11 is 3.44. The van der Waals surface area contributed by atoms with Gasteiger partial charge in [0.1, 0.15) is 0 Å². The lowest BCUT2D eigenvalue weighted by atomic mass is 10.1. The molecule has 0 saturated carbocycles. The maximum atomic E-state index is 12.3. The minimum absolute atomic E-state index is 0.223. The number of aryl methyl sites for hydroxylation is 1. The molecule has 0 radical (unpaired) electrons. The van der Waals surface area contributed by atoms with E-state index in [1.165, 1.54) is 0 Å². The molecule has 0 spiro atoms. The molecule has 158 valence electrons. The number of carbonyl (C=O) groups excluding carboxylic acids is 1. The Bertz CT molecular complexity index is 1210. The molecule has 0 bridgehead atoms. The van der Waals surface area contributed by atoms with E-state index in [4.69, 9.17) is 4.52 Å². The zero-order valence-electron chi connectivity index (χ0n) is 17.0. The largest absolute Gasteiger partial charge is 0.343 e. The third-order valence-electron chi connectivity index (χ3n) is 5.64. The number of hydrogen-bond donors (Lipinski definition) is 0. The van der Waals surface area contributed by atoms with Crippen molar-refractivity contribution in [2.45, 2.75) is 32.2 Å². The van der Waals surface area contributed by atoms with Crippen molar-refractivity contribution in [3.8, 4) is 11.4 Å². The van der Waals surface area contributed by atoms with Gasteiger partial charge in [-0.25, -0.2) is 4.98 Å². The molecular weight excluding hydrogens is 458 g/mol. The highest BCUT2D eigenvalue weighted by atomic mass is 79.9. The van der Waals surface area contributed by atoms with E-state index < -0.39 is 0 Å². The van der Waals surface area contributed by atoms with Gasteiger partial charge in [-0.05, 0) is 48.7 Å². The summed E-state index contributed by atoms with van der Waals surface area (Å²) in [5.41, 5.74) is 3.81. The van der Waals surface area contributed by atoms with Crippen LogP contribution in [0.4, 0.5) is 0 Å². The normalized spacial score (nSPS) is 13.9. The summed E-state index contributed by atoms with van der Waals surface area (Å²) in [6.07, 6.45) is 5.10. The second-order valence-corrected chi connectivity index (χ2v) is 8.71. The summed E-state index contributed by atoms with van der Waals surface area (Å²) in [7, 11) is 0. The lowest BCUT2D eigenvalue weighted by molar-refractivity contribution is -0.130.